The van der Waals surface area contributed by atoms with E-state index < -0.39 is 0 Å². The normalized spacial score (nSPS) is 25.7. The summed E-state index contributed by atoms with van der Waals surface area (Å²) in [6.07, 6.45) is 5.77. The molecule has 1 saturated carbocycles. The first-order valence-electron chi connectivity index (χ1n) is 6.17. The van der Waals surface area contributed by atoms with Crippen molar-refractivity contribution in [2.75, 3.05) is 0 Å². The summed E-state index contributed by atoms with van der Waals surface area (Å²) in [5.41, 5.74) is 8.43. The summed E-state index contributed by atoms with van der Waals surface area (Å²) in [6, 6.07) is 5.35. The summed E-state index contributed by atoms with van der Waals surface area (Å²) in [5.74, 6) is 0.402. The molecule has 2 N–H and O–H groups in total. The molecule has 1 nitrogen and oxygen atoms in total. The fourth-order valence-corrected chi connectivity index (χ4v) is 2.63. The standard InChI is InChI=1S/C14H20FN/c1-10-6-7-13(15)9-12(10)8-11-4-2-3-5-14(11)16/h6-7,9,11,14H,2-5,8,16H2,1H3. The molecule has 1 fully saturated rings. The van der Waals surface area contributed by atoms with Crippen molar-refractivity contribution in [3.8, 4) is 0 Å². The van der Waals surface area contributed by atoms with E-state index in [4.69, 9.17) is 5.73 Å². The largest absolute Gasteiger partial charge is 0.327 e. The molecule has 2 unspecified atom stereocenters. The zero-order valence-electron chi connectivity index (χ0n) is 9.88. The fraction of sp³-hybridized carbons (Fsp3) is 0.571. The second-order valence-corrected chi connectivity index (χ2v) is 4.98. The Hall–Kier alpha value is -0.890. The van der Waals surface area contributed by atoms with Crippen LogP contribution in [0.3, 0.4) is 0 Å². The van der Waals surface area contributed by atoms with Crippen LogP contribution in [-0.2, 0) is 6.42 Å². The van der Waals surface area contributed by atoms with E-state index >= 15 is 0 Å². The third-order valence-corrected chi connectivity index (χ3v) is 3.76. The predicted molar refractivity (Wildman–Crippen MR) is 64.8 cm³/mol. The summed E-state index contributed by atoms with van der Waals surface area (Å²) < 4.78 is 13.2. The highest BCUT2D eigenvalue weighted by atomic mass is 19.1. The second kappa shape index (κ2) is 4.96. The van der Waals surface area contributed by atoms with Crippen LogP contribution >= 0.6 is 0 Å². The highest BCUT2D eigenvalue weighted by Gasteiger charge is 2.22. The molecule has 0 aliphatic heterocycles. The van der Waals surface area contributed by atoms with Gasteiger partial charge in [-0.05, 0) is 55.4 Å². The number of hydrogen-bond donors (Lipinski definition) is 1. The maximum absolute atomic E-state index is 13.2. The van der Waals surface area contributed by atoms with Gasteiger partial charge < -0.3 is 5.73 Å². The van der Waals surface area contributed by atoms with Gasteiger partial charge in [-0.15, -0.1) is 0 Å². The van der Waals surface area contributed by atoms with Crippen LogP contribution in [0.2, 0.25) is 0 Å². The molecule has 0 radical (unpaired) electrons. The molecule has 1 aromatic carbocycles. The van der Waals surface area contributed by atoms with Crippen molar-refractivity contribution in [2.45, 2.75) is 45.1 Å². The van der Waals surface area contributed by atoms with Gasteiger partial charge in [0.25, 0.3) is 0 Å². The topological polar surface area (TPSA) is 26.0 Å². The molecule has 0 aromatic heterocycles. The van der Waals surface area contributed by atoms with Crippen molar-refractivity contribution in [1.29, 1.82) is 0 Å². The molecule has 0 spiro atoms. The molecule has 16 heavy (non-hydrogen) atoms. The van der Waals surface area contributed by atoms with Crippen LogP contribution in [0.4, 0.5) is 4.39 Å². The molecule has 1 aliphatic carbocycles. The molecule has 0 amide bonds. The Balaban J connectivity index is 2.10. The van der Waals surface area contributed by atoms with E-state index in [0.29, 0.717) is 12.0 Å². The molecular formula is C14H20FN. The molecular weight excluding hydrogens is 201 g/mol. The number of hydrogen-bond acceptors (Lipinski definition) is 1. The van der Waals surface area contributed by atoms with Crippen LogP contribution in [0.5, 0.6) is 0 Å². The Morgan fingerprint density at radius 1 is 1.31 bits per heavy atom. The zero-order chi connectivity index (χ0) is 11.5. The van der Waals surface area contributed by atoms with E-state index in [9.17, 15) is 4.39 Å². The predicted octanol–water partition coefficient (Wildman–Crippen LogP) is 3.19. The van der Waals surface area contributed by atoms with Crippen molar-refractivity contribution >= 4 is 0 Å². The maximum Gasteiger partial charge on any atom is 0.123 e. The maximum atomic E-state index is 13.2. The SMILES string of the molecule is Cc1ccc(F)cc1CC1CCCCC1N. The smallest absolute Gasteiger partial charge is 0.123 e. The van der Waals surface area contributed by atoms with Gasteiger partial charge in [0.1, 0.15) is 5.82 Å². The first-order chi connectivity index (χ1) is 7.66. The van der Waals surface area contributed by atoms with Crippen molar-refractivity contribution in [3.05, 3.63) is 35.1 Å². The van der Waals surface area contributed by atoms with Crippen LogP contribution in [0, 0.1) is 18.7 Å². The Labute approximate surface area is 96.9 Å². The lowest BCUT2D eigenvalue weighted by molar-refractivity contribution is 0.306. The molecule has 2 atom stereocenters. The monoisotopic (exact) mass is 221 g/mol. The third kappa shape index (κ3) is 2.62. The van der Waals surface area contributed by atoms with E-state index in [0.717, 1.165) is 18.4 Å². The Bertz CT molecular complexity index is 362. The highest BCUT2D eigenvalue weighted by Crippen LogP contribution is 2.27. The summed E-state index contributed by atoms with van der Waals surface area (Å²) in [7, 11) is 0. The van der Waals surface area contributed by atoms with Crippen LogP contribution in [-0.4, -0.2) is 6.04 Å². The summed E-state index contributed by atoms with van der Waals surface area (Å²) in [6.45, 7) is 2.04. The van der Waals surface area contributed by atoms with E-state index in [-0.39, 0.29) is 5.82 Å². The average Bonchev–Trinajstić information content (AvgIpc) is 2.27. The molecule has 0 heterocycles. The number of aryl methyl sites for hydroxylation is 1. The third-order valence-electron chi connectivity index (χ3n) is 3.76. The first kappa shape index (κ1) is 11.6. The molecule has 0 bridgehead atoms. The van der Waals surface area contributed by atoms with Crippen LogP contribution < -0.4 is 5.73 Å². The number of benzene rings is 1. The van der Waals surface area contributed by atoms with Gasteiger partial charge in [-0.1, -0.05) is 18.9 Å². The van der Waals surface area contributed by atoms with Gasteiger partial charge in [0, 0.05) is 6.04 Å². The van der Waals surface area contributed by atoms with Gasteiger partial charge in [0.05, 0.1) is 0 Å². The lowest BCUT2D eigenvalue weighted by Gasteiger charge is -2.29. The number of halogens is 1. The highest BCUT2D eigenvalue weighted by molar-refractivity contribution is 5.27. The molecule has 1 aromatic rings. The Morgan fingerprint density at radius 2 is 2.06 bits per heavy atom. The van der Waals surface area contributed by atoms with Gasteiger partial charge in [-0.25, -0.2) is 4.39 Å². The lowest BCUT2D eigenvalue weighted by atomic mass is 9.80. The minimum atomic E-state index is -0.134. The van der Waals surface area contributed by atoms with Crippen molar-refractivity contribution in [2.24, 2.45) is 11.7 Å². The second-order valence-electron chi connectivity index (χ2n) is 4.98. The number of rotatable bonds is 2. The molecule has 2 rings (SSSR count). The Morgan fingerprint density at radius 3 is 2.81 bits per heavy atom. The minimum Gasteiger partial charge on any atom is -0.327 e. The van der Waals surface area contributed by atoms with Crippen LogP contribution in [0.15, 0.2) is 18.2 Å². The van der Waals surface area contributed by atoms with E-state index in [1.807, 2.05) is 13.0 Å². The van der Waals surface area contributed by atoms with Gasteiger partial charge in [-0.3, -0.25) is 0 Å². The molecule has 2 heteroatoms. The van der Waals surface area contributed by atoms with Crippen molar-refractivity contribution in [3.63, 3.8) is 0 Å². The van der Waals surface area contributed by atoms with Gasteiger partial charge >= 0.3 is 0 Å². The van der Waals surface area contributed by atoms with Gasteiger partial charge in [0.15, 0.2) is 0 Å². The van der Waals surface area contributed by atoms with E-state index in [1.54, 1.807) is 6.07 Å². The summed E-state index contributed by atoms with van der Waals surface area (Å²) in [5, 5.41) is 0. The molecule has 1 aliphatic rings. The van der Waals surface area contributed by atoms with Crippen molar-refractivity contribution in [1.82, 2.24) is 0 Å². The molecule has 0 saturated heterocycles. The quantitative estimate of drug-likeness (QED) is 0.815. The summed E-state index contributed by atoms with van der Waals surface area (Å²) in [4.78, 5) is 0. The van der Waals surface area contributed by atoms with E-state index in [2.05, 4.69) is 0 Å². The van der Waals surface area contributed by atoms with Gasteiger partial charge in [-0.2, -0.15) is 0 Å². The average molecular weight is 221 g/mol. The summed E-state index contributed by atoms with van der Waals surface area (Å²) >= 11 is 0. The van der Waals surface area contributed by atoms with E-state index in [1.165, 1.54) is 30.9 Å². The Kier molecular flexibility index (Phi) is 3.59. The van der Waals surface area contributed by atoms with Crippen LogP contribution in [0.25, 0.3) is 0 Å². The fourth-order valence-electron chi connectivity index (χ4n) is 2.63. The van der Waals surface area contributed by atoms with Gasteiger partial charge in [0.2, 0.25) is 0 Å². The minimum absolute atomic E-state index is 0.134. The van der Waals surface area contributed by atoms with Crippen LogP contribution in [0.1, 0.15) is 36.8 Å². The molecule has 88 valence electrons. The lowest BCUT2D eigenvalue weighted by Crippen LogP contribution is -2.34. The number of nitrogens with two attached hydrogens (primary N) is 1. The zero-order valence-corrected chi connectivity index (χ0v) is 9.88. The van der Waals surface area contributed by atoms with Crippen molar-refractivity contribution < 1.29 is 4.39 Å². The first-order valence-corrected chi connectivity index (χ1v) is 6.17.